The number of hydrogen-bond donors (Lipinski definition) is 1. The Labute approximate surface area is 106 Å². The molecule has 0 aliphatic rings. The lowest BCUT2D eigenvalue weighted by Gasteiger charge is -2.06. The maximum absolute atomic E-state index is 11.8. The summed E-state index contributed by atoms with van der Waals surface area (Å²) < 4.78 is 5.13. The number of carbonyl (C=O) groups excluding carboxylic acids is 1. The van der Waals surface area contributed by atoms with Crippen LogP contribution in [0.3, 0.4) is 0 Å². The van der Waals surface area contributed by atoms with Gasteiger partial charge in [0.25, 0.3) is 5.91 Å². The number of pyridine rings is 1. The van der Waals surface area contributed by atoms with Gasteiger partial charge < -0.3 is 9.73 Å². The molecule has 2 rings (SSSR count). The fraction of sp³-hybridized carbons (Fsp3) is 0.286. The summed E-state index contributed by atoms with van der Waals surface area (Å²) in [6.07, 6.45) is 3.36. The Bertz CT molecular complexity index is 573. The van der Waals surface area contributed by atoms with Gasteiger partial charge in [0.2, 0.25) is 0 Å². The lowest BCUT2D eigenvalue weighted by Crippen LogP contribution is -2.23. The average Bonchev–Trinajstić information content (AvgIpc) is 2.74. The summed E-state index contributed by atoms with van der Waals surface area (Å²) in [5.41, 5.74) is 4.00. The Morgan fingerprint density at radius 2 is 2.06 bits per heavy atom. The minimum Gasteiger partial charge on any atom is -0.459 e. The van der Waals surface area contributed by atoms with Crippen molar-refractivity contribution in [2.75, 3.05) is 0 Å². The molecule has 2 aromatic rings. The van der Waals surface area contributed by atoms with E-state index in [0.29, 0.717) is 12.3 Å². The standard InChI is InChI=1S/C14H16N2O2/c1-9-4-11(3)12(15-6-9)7-16-14(17)13-5-10(2)8-18-13/h4-6,8H,7H2,1-3H3,(H,16,17). The summed E-state index contributed by atoms with van der Waals surface area (Å²) in [4.78, 5) is 16.1. The number of nitrogens with zero attached hydrogens (tertiary/aromatic N) is 1. The van der Waals surface area contributed by atoms with Gasteiger partial charge >= 0.3 is 0 Å². The number of carbonyl (C=O) groups is 1. The average molecular weight is 244 g/mol. The molecule has 2 aromatic heterocycles. The van der Waals surface area contributed by atoms with E-state index >= 15 is 0 Å². The first-order valence-electron chi connectivity index (χ1n) is 5.81. The van der Waals surface area contributed by atoms with E-state index in [0.717, 1.165) is 22.4 Å². The van der Waals surface area contributed by atoms with Gasteiger partial charge in [0, 0.05) is 6.20 Å². The van der Waals surface area contributed by atoms with E-state index in [-0.39, 0.29) is 5.91 Å². The minimum atomic E-state index is -0.218. The summed E-state index contributed by atoms with van der Waals surface area (Å²) in [7, 11) is 0. The highest BCUT2D eigenvalue weighted by Gasteiger charge is 2.10. The van der Waals surface area contributed by atoms with Gasteiger partial charge in [-0.25, -0.2) is 0 Å². The second-order valence-corrected chi connectivity index (χ2v) is 4.45. The molecule has 18 heavy (non-hydrogen) atoms. The molecule has 0 spiro atoms. The van der Waals surface area contributed by atoms with Gasteiger partial charge in [0.15, 0.2) is 5.76 Å². The third kappa shape index (κ3) is 2.77. The highest BCUT2D eigenvalue weighted by atomic mass is 16.3. The van der Waals surface area contributed by atoms with Gasteiger partial charge in [-0.05, 0) is 43.5 Å². The third-order valence-electron chi connectivity index (χ3n) is 2.69. The second kappa shape index (κ2) is 5.04. The van der Waals surface area contributed by atoms with E-state index in [1.807, 2.05) is 26.8 Å². The smallest absolute Gasteiger partial charge is 0.287 e. The fourth-order valence-corrected chi connectivity index (χ4v) is 1.73. The zero-order chi connectivity index (χ0) is 13.1. The van der Waals surface area contributed by atoms with Gasteiger partial charge in [-0.15, -0.1) is 0 Å². The molecular formula is C14H16N2O2. The molecule has 0 saturated carbocycles. The predicted octanol–water partition coefficient (Wildman–Crippen LogP) is 2.53. The van der Waals surface area contributed by atoms with Crippen molar-refractivity contribution < 1.29 is 9.21 Å². The molecule has 0 atom stereocenters. The molecule has 0 unspecified atom stereocenters. The van der Waals surface area contributed by atoms with Crippen LogP contribution >= 0.6 is 0 Å². The van der Waals surface area contributed by atoms with Crippen molar-refractivity contribution in [1.82, 2.24) is 10.3 Å². The molecule has 0 saturated heterocycles. The third-order valence-corrected chi connectivity index (χ3v) is 2.69. The fourth-order valence-electron chi connectivity index (χ4n) is 1.73. The molecule has 0 fully saturated rings. The van der Waals surface area contributed by atoms with Crippen molar-refractivity contribution in [3.8, 4) is 0 Å². The number of hydrogen-bond acceptors (Lipinski definition) is 3. The van der Waals surface area contributed by atoms with Crippen LogP contribution in [0.15, 0.2) is 29.0 Å². The van der Waals surface area contributed by atoms with Gasteiger partial charge in [-0.1, -0.05) is 6.07 Å². The molecule has 4 heteroatoms. The molecule has 0 bridgehead atoms. The molecule has 0 aromatic carbocycles. The van der Waals surface area contributed by atoms with Crippen LogP contribution in [-0.2, 0) is 6.54 Å². The first-order chi connectivity index (χ1) is 8.56. The zero-order valence-electron chi connectivity index (χ0n) is 10.8. The lowest BCUT2D eigenvalue weighted by molar-refractivity contribution is 0.0922. The van der Waals surface area contributed by atoms with Crippen molar-refractivity contribution in [3.05, 3.63) is 52.7 Å². The van der Waals surface area contributed by atoms with Crippen LogP contribution in [0.25, 0.3) is 0 Å². The molecular weight excluding hydrogens is 228 g/mol. The zero-order valence-corrected chi connectivity index (χ0v) is 10.8. The maximum Gasteiger partial charge on any atom is 0.287 e. The number of amides is 1. The number of aromatic nitrogens is 1. The Morgan fingerprint density at radius 3 is 2.67 bits per heavy atom. The maximum atomic E-state index is 11.8. The first kappa shape index (κ1) is 12.4. The summed E-state index contributed by atoms with van der Waals surface area (Å²) in [5, 5.41) is 2.79. The van der Waals surface area contributed by atoms with Gasteiger partial charge in [-0.3, -0.25) is 9.78 Å². The Balaban J connectivity index is 2.01. The van der Waals surface area contributed by atoms with Crippen LogP contribution in [-0.4, -0.2) is 10.9 Å². The van der Waals surface area contributed by atoms with Crippen LogP contribution in [0.1, 0.15) is 32.9 Å². The normalized spacial score (nSPS) is 10.4. The molecule has 1 N–H and O–H groups in total. The van der Waals surface area contributed by atoms with Crippen molar-refractivity contribution in [2.45, 2.75) is 27.3 Å². The van der Waals surface area contributed by atoms with Crippen LogP contribution in [0.5, 0.6) is 0 Å². The van der Waals surface area contributed by atoms with Gasteiger partial charge in [-0.2, -0.15) is 0 Å². The summed E-state index contributed by atoms with van der Waals surface area (Å²) in [6, 6.07) is 3.76. The van der Waals surface area contributed by atoms with E-state index < -0.39 is 0 Å². The largest absolute Gasteiger partial charge is 0.459 e. The van der Waals surface area contributed by atoms with Crippen LogP contribution in [0, 0.1) is 20.8 Å². The lowest BCUT2D eigenvalue weighted by atomic mass is 10.1. The summed E-state index contributed by atoms with van der Waals surface area (Å²) >= 11 is 0. The molecule has 2 heterocycles. The number of rotatable bonds is 3. The molecule has 94 valence electrons. The number of furan rings is 1. The molecule has 0 aliphatic heterocycles. The second-order valence-electron chi connectivity index (χ2n) is 4.45. The SMILES string of the molecule is Cc1coc(C(=O)NCc2ncc(C)cc2C)c1. The van der Waals surface area contributed by atoms with Gasteiger partial charge in [0.1, 0.15) is 0 Å². The van der Waals surface area contributed by atoms with E-state index in [1.165, 1.54) is 0 Å². The van der Waals surface area contributed by atoms with Crippen molar-refractivity contribution in [3.63, 3.8) is 0 Å². The highest BCUT2D eigenvalue weighted by Crippen LogP contribution is 2.08. The predicted molar refractivity (Wildman–Crippen MR) is 68.3 cm³/mol. The Hall–Kier alpha value is -2.10. The molecule has 0 aliphatic carbocycles. The van der Waals surface area contributed by atoms with Crippen LogP contribution in [0.2, 0.25) is 0 Å². The Kier molecular flexibility index (Phi) is 3.46. The number of aryl methyl sites for hydroxylation is 3. The summed E-state index contributed by atoms with van der Waals surface area (Å²) in [6.45, 7) is 6.27. The Morgan fingerprint density at radius 1 is 1.28 bits per heavy atom. The minimum absolute atomic E-state index is 0.218. The molecule has 4 nitrogen and oxygen atoms in total. The van der Waals surface area contributed by atoms with E-state index in [4.69, 9.17) is 4.42 Å². The quantitative estimate of drug-likeness (QED) is 0.902. The van der Waals surface area contributed by atoms with Gasteiger partial charge in [0.05, 0.1) is 18.5 Å². The van der Waals surface area contributed by atoms with Crippen molar-refractivity contribution in [2.24, 2.45) is 0 Å². The van der Waals surface area contributed by atoms with Crippen LogP contribution in [0.4, 0.5) is 0 Å². The summed E-state index contributed by atoms with van der Waals surface area (Å²) in [5.74, 6) is 0.113. The van der Waals surface area contributed by atoms with E-state index in [9.17, 15) is 4.79 Å². The molecule has 0 radical (unpaired) electrons. The highest BCUT2D eigenvalue weighted by molar-refractivity contribution is 5.91. The topological polar surface area (TPSA) is 55.1 Å². The molecule has 1 amide bonds. The van der Waals surface area contributed by atoms with E-state index in [2.05, 4.69) is 10.3 Å². The van der Waals surface area contributed by atoms with E-state index in [1.54, 1.807) is 18.5 Å². The number of nitrogens with one attached hydrogen (secondary N) is 1. The van der Waals surface area contributed by atoms with Crippen molar-refractivity contribution >= 4 is 5.91 Å². The monoisotopic (exact) mass is 244 g/mol. The van der Waals surface area contributed by atoms with Crippen molar-refractivity contribution in [1.29, 1.82) is 0 Å². The first-order valence-corrected chi connectivity index (χ1v) is 5.81. The van der Waals surface area contributed by atoms with Crippen LogP contribution < -0.4 is 5.32 Å².